The third-order valence-corrected chi connectivity index (χ3v) is 2.39. The van der Waals surface area contributed by atoms with Crippen LogP contribution in [0.3, 0.4) is 0 Å². The van der Waals surface area contributed by atoms with Gasteiger partial charge in [0, 0.05) is 39.0 Å². The topological polar surface area (TPSA) is 49.4 Å². The molecule has 1 aliphatic heterocycles. The summed E-state index contributed by atoms with van der Waals surface area (Å²) in [5.41, 5.74) is 0. The van der Waals surface area contributed by atoms with Crippen molar-refractivity contribution in [1.29, 1.82) is 0 Å². The minimum atomic E-state index is 0.165. The van der Waals surface area contributed by atoms with Crippen LogP contribution in [-0.2, 0) is 9.59 Å². The number of carbonyl (C=O) groups is 2. The lowest BCUT2D eigenvalue weighted by Gasteiger charge is -2.27. The Kier molecular flexibility index (Phi) is 4.59. The summed E-state index contributed by atoms with van der Waals surface area (Å²) in [5.74, 6) is 0.353. The molecule has 4 nitrogen and oxygen atoms in total. The lowest BCUT2D eigenvalue weighted by molar-refractivity contribution is -0.131. The first kappa shape index (κ1) is 11.2. The highest BCUT2D eigenvalue weighted by atomic mass is 16.2. The summed E-state index contributed by atoms with van der Waals surface area (Å²) in [6.45, 7) is 4.95. The minimum Gasteiger partial charge on any atom is -0.340 e. The third kappa shape index (κ3) is 3.87. The van der Waals surface area contributed by atoms with Crippen LogP contribution in [-0.4, -0.2) is 42.8 Å². The summed E-state index contributed by atoms with van der Waals surface area (Å²) in [5, 5.41) is 3.20. The van der Waals surface area contributed by atoms with E-state index in [-0.39, 0.29) is 11.7 Å². The summed E-state index contributed by atoms with van der Waals surface area (Å²) in [6, 6.07) is 0. The molecule has 0 spiro atoms. The molecule has 1 amide bonds. The first-order chi connectivity index (χ1) is 6.70. The molecule has 4 heteroatoms. The van der Waals surface area contributed by atoms with Gasteiger partial charge < -0.3 is 15.0 Å². The number of ketones is 1. The molecule has 1 aliphatic rings. The number of hydrogen-bond acceptors (Lipinski definition) is 3. The Morgan fingerprint density at radius 2 is 1.86 bits per heavy atom. The van der Waals surface area contributed by atoms with Gasteiger partial charge in [-0.3, -0.25) is 4.79 Å². The lowest BCUT2D eigenvalue weighted by atomic mass is 10.1. The van der Waals surface area contributed by atoms with Gasteiger partial charge in [0.25, 0.3) is 0 Å². The van der Waals surface area contributed by atoms with Crippen molar-refractivity contribution in [2.24, 2.45) is 0 Å². The average molecular weight is 198 g/mol. The first-order valence-corrected chi connectivity index (χ1v) is 5.18. The molecule has 1 saturated heterocycles. The van der Waals surface area contributed by atoms with E-state index in [1.165, 1.54) is 0 Å². The van der Waals surface area contributed by atoms with Crippen LogP contribution >= 0.6 is 0 Å². The molecule has 1 N–H and O–H groups in total. The molecule has 0 unspecified atom stereocenters. The fourth-order valence-corrected chi connectivity index (χ4v) is 1.56. The van der Waals surface area contributed by atoms with Gasteiger partial charge in [-0.15, -0.1) is 0 Å². The first-order valence-electron chi connectivity index (χ1n) is 5.18. The SMILES string of the molecule is CC(=O)CCCC(=O)N1CCNCC1. The monoisotopic (exact) mass is 198 g/mol. The van der Waals surface area contributed by atoms with Crippen LogP contribution in [0.2, 0.25) is 0 Å². The number of Topliss-reactive ketones (excluding diaryl/α,β-unsaturated/α-hetero) is 1. The van der Waals surface area contributed by atoms with E-state index < -0.39 is 0 Å². The van der Waals surface area contributed by atoms with Crippen LogP contribution in [0.15, 0.2) is 0 Å². The number of hydrogen-bond donors (Lipinski definition) is 1. The quantitative estimate of drug-likeness (QED) is 0.701. The van der Waals surface area contributed by atoms with Crippen molar-refractivity contribution in [3.05, 3.63) is 0 Å². The van der Waals surface area contributed by atoms with Crippen molar-refractivity contribution in [1.82, 2.24) is 10.2 Å². The summed E-state index contributed by atoms with van der Waals surface area (Å²) < 4.78 is 0. The summed E-state index contributed by atoms with van der Waals surface area (Å²) >= 11 is 0. The van der Waals surface area contributed by atoms with E-state index in [0.29, 0.717) is 19.3 Å². The number of nitrogens with zero attached hydrogens (tertiary/aromatic N) is 1. The van der Waals surface area contributed by atoms with Crippen LogP contribution < -0.4 is 5.32 Å². The van der Waals surface area contributed by atoms with Crippen LogP contribution in [0.4, 0.5) is 0 Å². The molecular formula is C10H18N2O2. The number of amides is 1. The summed E-state index contributed by atoms with van der Waals surface area (Å²) in [4.78, 5) is 24.1. The predicted octanol–water partition coefficient (Wildman–Crippen LogP) is 0.178. The second-order valence-electron chi connectivity index (χ2n) is 3.69. The van der Waals surface area contributed by atoms with Gasteiger partial charge in [-0.05, 0) is 13.3 Å². The standard InChI is InChI=1S/C10H18N2O2/c1-9(13)3-2-4-10(14)12-7-5-11-6-8-12/h11H,2-8H2,1H3. The highest BCUT2D eigenvalue weighted by Gasteiger charge is 2.15. The van der Waals surface area contributed by atoms with Gasteiger partial charge in [-0.2, -0.15) is 0 Å². The molecule has 0 aromatic rings. The molecule has 0 atom stereocenters. The maximum absolute atomic E-state index is 11.6. The van der Waals surface area contributed by atoms with Gasteiger partial charge >= 0.3 is 0 Å². The second-order valence-corrected chi connectivity index (χ2v) is 3.69. The second kappa shape index (κ2) is 5.75. The van der Waals surface area contributed by atoms with Crippen LogP contribution in [0.5, 0.6) is 0 Å². The molecule has 1 heterocycles. The molecule has 1 rings (SSSR count). The van der Waals surface area contributed by atoms with Gasteiger partial charge in [0.15, 0.2) is 0 Å². The Bertz CT molecular complexity index is 210. The molecule has 0 saturated carbocycles. The van der Waals surface area contributed by atoms with E-state index in [1.54, 1.807) is 6.92 Å². The van der Waals surface area contributed by atoms with E-state index in [0.717, 1.165) is 26.2 Å². The maximum Gasteiger partial charge on any atom is 0.222 e. The van der Waals surface area contributed by atoms with Gasteiger partial charge in [0.05, 0.1) is 0 Å². The zero-order valence-corrected chi connectivity index (χ0v) is 8.71. The average Bonchev–Trinajstić information content (AvgIpc) is 2.18. The van der Waals surface area contributed by atoms with E-state index in [4.69, 9.17) is 0 Å². The molecule has 0 aromatic carbocycles. The van der Waals surface area contributed by atoms with E-state index in [1.807, 2.05) is 4.90 Å². The minimum absolute atomic E-state index is 0.165. The molecular weight excluding hydrogens is 180 g/mol. The predicted molar refractivity (Wildman–Crippen MR) is 54.0 cm³/mol. The normalized spacial score (nSPS) is 16.8. The fourth-order valence-electron chi connectivity index (χ4n) is 1.56. The van der Waals surface area contributed by atoms with Crippen molar-refractivity contribution in [3.63, 3.8) is 0 Å². The number of rotatable bonds is 4. The summed E-state index contributed by atoms with van der Waals surface area (Å²) in [6.07, 6.45) is 1.73. The Hall–Kier alpha value is -0.900. The van der Waals surface area contributed by atoms with Gasteiger partial charge in [0.2, 0.25) is 5.91 Å². The Labute approximate surface area is 84.7 Å². The molecule has 1 fully saturated rings. The maximum atomic E-state index is 11.6. The molecule has 0 radical (unpaired) electrons. The number of carbonyl (C=O) groups excluding carboxylic acids is 2. The third-order valence-electron chi connectivity index (χ3n) is 2.39. The van der Waals surface area contributed by atoms with E-state index >= 15 is 0 Å². The Morgan fingerprint density at radius 3 is 2.43 bits per heavy atom. The fraction of sp³-hybridized carbons (Fsp3) is 0.800. The molecule has 14 heavy (non-hydrogen) atoms. The van der Waals surface area contributed by atoms with Crippen molar-refractivity contribution < 1.29 is 9.59 Å². The highest BCUT2D eigenvalue weighted by molar-refractivity contribution is 5.78. The highest BCUT2D eigenvalue weighted by Crippen LogP contribution is 2.02. The van der Waals surface area contributed by atoms with Gasteiger partial charge in [0.1, 0.15) is 5.78 Å². The van der Waals surface area contributed by atoms with Crippen molar-refractivity contribution in [2.75, 3.05) is 26.2 Å². The zero-order valence-electron chi connectivity index (χ0n) is 8.71. The van der Waals surface area contributed by atoms with Crippen molar-refractivity contribution in [3.8, 4) is 0 Å². The van der Waals surface area contributed by atoms with E-state index in [9.17, 15) is 9.59 Å². The molecule has 80 valence electrons. The van der Waals surface area contributed by atoms with Gasteiger partial charge in [-0.25, -0.2) is 0 Å². The van der Waals surface area contributed by atoms with Gasteiger partial charge in [-0.1, -0.05) is 0 Å². The zero-order chi connectivity index (χ0) is 10.4. The van der Waals surface area contributed by atoms with Crippen molar-refractivity contribution >= 4 is 11.7 Å². The van der Waals surface area contributed by atoms with Crippen LogP contribution in [0.25, 0.3) is 0 Å². The molecule has 0 aliphatic carbocycles. The van der Waals surface area contributed by atoms with E-state index in [2.05, 4.69) is 5.32 Å². The largest absolute Gasteiger partial charge is 0.340 e. The number of nitrogens with one attached hydrogen (secondary N) is 1. The van der Waals surface area contributed by atoms with Crippen LogP contribution in [0, 0.1) is 0 Å². The lowest BCUT2D eigenvalue weighted by Crippen LogP contribution is -2.46. The Morgan fingerprint density at radius 1 is 1.21 bits per heavy atom. The van der Waals surface area contributed by atoms with Crippen LogP contribution in [0.1, 0.15) is 26.2 Å². The Balaban J connectivity index is 2.16. The molecule has 0 bridgehead atoms. The smallest absolute Gasteiger partial charge is 0.222 e. The van der Waals surface area contributed by atoms with Crippen molar-refractivity contribution in [2.45, 2.75) is 26.2 Å². The summed E-state index contributed by atoms with van der Waals surface area (Å²) in [7, 11) is 0. The molecule has 0 aromatic heterocycles. The number of piperazine rings is 1.